The third-order valence-electron chi connectivity index (χ3n) is 4.39. The highest BCUT2D eigenvalue weighted by Crippen LogP contribution is 2.31. The van der Waals surface area contributed by atoms with Crippen LogP contribution in [-0.2, 0) is 4.74 Å². The van der Waals surface area contributed by atoms with Crippen molar-refractivity contribution in [2.24, 2.45) is 11.8 Å². The summed E-state index contributed by atoms with van der Waals surface area (Å²) < 4.78 is 7.55. The third kappa shape index (κ3) is 2.37. The first kappa shape index (κ1) is 12.9. The quantitative estimate of drug-likeness (QED) is 0.883. The average molecular weight is 264 g/mol. The molecule has 3 heterocycles. The number of nitrogens with one attached hydrogen (secondary N) is 1. The molecule has 1 aromatic rings. The minimum Gasteiger partial charge on any atom is -0.383 e. The molecule has 0 radical (unpaired) electrons. The number of imidazole rings is 1. The fraction of sp³-hybridized carbons (Fsp3) is 0.786. The number of aromatic nitrogens is 2. The van der Waals surface area contributed by atoms with Crippen molar-refractivity contribution in [3.8, 4) is 0 Å². The van der Waals surface area contributed by atoms with E-state index in [2.05, 4.69) is 34.8 Å². The molecule has 19 heavy (non-hydrogen) atoms. The van der Waals surface area contributed by atoms with E-state index in [0.29, 0.717) is 6.04 Å². The van der Waals surface area contributed by atoms with E-state index in [1.165, 1.54) is 0 Å². The number of anilines is 1. The molecule has 106 valence electrons. The zero-order chi connectivity index (χ0) is 13.4. The summed E-state index contributed by atoms with van der Waals surface area (Å²) in [6.45, 7) is 9.57. The van der Waals surface area contributed by atoms with Crippen molar-refractivity contribution in [2.45, 2.75) is 19.9 Å². The van der Waals surface area contributed by atoms with E-state index in [-0.39, 0.29) is 0 Å². The Hall–Kier alpha value is -1.07. The van der Waals surface area contributed by atoms with E-state index >= 15 is 0 Å². The Morgan fingerprint density at radius 1 is 1.42 bits per heavy atom. The molecule has 1 N–H and O–H groups in total. The third-order valence-corrected chi connectivity index (χ3v) is 4.39. The van der Waals surface area contributed by atoms with E-state index < -0.39 is 0 Å². The maximum Gasteiger partial charge on any atom is 0.206 e. The monoisotopic (exact) mass is 264 g/mol. The SMILES string of the molecule is COCC(C)n1cc(C)nc1N1CC2CNCC2C1. The molecule has 0 aromatic carbocycles. The molecule has 3 unspecified atom stereocenters. The minimum atomic E-state index is 0.333. The highest BCUT2D eigenvalue weighted by Gasteiger charge is 2.37. The van der Waals surface area contributed by atoms with Crippen molar-refractivity contribution < 1.29 is 4.74 Å². The lowest BCUT2D eigenvalue weighted by atomic mass is 10.0. The van der Waals surface area contributed by atoms with E-state index in [9.17, 15) is 0 Å². The summed E-state index contributed by atoms with van der Waals surface area (Å²) in [5.74, 6) is 2.71. The van der Waals surface area contributed by atoms with Crippen LogP contribution in [0.25, 0.3) is 0 Å². The van der Waals surface area contributed by atoms with E-state index in [0.717, 1.165) is 56.3 Å². The summed E-state index contributed by atoms with van der Waals surface area (Å²) in [5, 5.41) is 3.49. The Balaban J connectivity index is 1.80. The summed E-state index contributed by atoms with van der Waals surface area (Å²) in [4.78, 5) is 7.19. The summed E-state index contributed by atoms with van der Waals surface area (Å²) >= 11 is 0. The highest BCUT2D eigenvalue weighted by atomic mass is 16.5. The van der Waals surface area contributed by atoms with Gasteiger partial charge < -0.3 is 19.5 Å². The van der Waals surface area contributed by atoms with Gasteiger partial charge in [0.2, 0.25) is 5.95 Å². The Labute approximate surface area is 114 Å². The van der Waals surface area contributed by atoms with E-state index in [4.69, 9.17) is 9.72 Å². The van der Waals surface area contributed by atoms with Gasteiger partial charge in [-0.3, -0.25) is 0 Å². The van der Waals surface area contributed by atoms with Gasteiger partial charge in [0.15, 0.2) is 0 Å². The topological polar surface area (TPSA) is 42.3 Å². The molecular weight excluding hydrogens is 240 g/mol. The molecule has 2 fully saturated rings. The molecular formula is C14H24N4O. The second kappa shape index (κ2) is 5.13. The van der Waals surface area contributed by atoms with Crippen LogP contribution in [0.4, 0.5) is 5.95 Å². The van der Waals surface area contributed by atoms with E-state index in [1.807, 2.05) is 0 Å². The van der Waals surface area contributed by atoms with Crippen LogP contribution < -0.4 is 10.2 Å². The number of rotatable bonds is 4. The Morgan fingerprint density at radius 2 is 2.11 bits per heavy atom. The molecule has 3 rings (SSSR count). The fourth-order valence-corrected chi connectivity index (χ4v) is 3.40. The average Bonchev–Trinajstić information content (AvgIpc) is 3.01. The Kier molecular flexibility index (Phi) is 3.50. The molecule has 2 aliphatic heterocycles. The zero-order valence-corrected chi connectivity index (χ0v) is 12.1. The standard InChI is InChI=1S/C14H24N4O/c1-10-6-18(11(2)9-19-3)14(16-10)17-7-12-4-15-5-13(12)8-17/h6,11-13,15H,4-5,7-9H2,1-3H3. The second-order valence-electron chi connectivity index (χ2n) is 5.98. The number of hydrogen-bond donors (Lipinski definition) is 1. The molecule has 0 amide bonds. The molecule has 0 saturated carbocycles. The number of nitrogens with zero attached hydrogens (tertiary/aromatic N) is 3. The first-order valence-electron chi connectivity index (χ1n) is 7.19. The predicted molar refractivity (Wildman–Crippen MR) is 75.6 cm³/mol. The van der Waals surface area contributed by atoms with Crippen LogP contribution in [0.1, 0.15) is 18.7 Å². The molecule has 2 saturated heterocycles. The van der Waals surface area contributed by atoms with Gasteiger partial charge in [-0.05, 0) is 25.7 Å². The number of fused-ring (bicyclic) bond motifs is 1. The van der Waals surface area contributed by atoms with Gasteiger partial charge in [0.05, 0.1) is 18.3 Å². The number of ether oxygens (including phenoxy) is 1. The van der Waals surface area contributed by atoms with Gasteiger partial charge in [0, 0.05) is 39.5 Å². The van der Waals surface area contributed by atoms with Crippen molar-refractivity contribution in [2.75, 3.05) is 44.8 Å². The van der Waals surface area contributed by atoms with Crippen LogP contribution in [0.5, 0.6) is 0 Å². The summed E-state index contributed by atoms with van der Waals surface area (Å²) in [5.41, 5.74) is 1.09. The molecule has 0 bridgehead atoms. The maximum absolute atomic E-state index is 5.28. The zero-order valence-electron chi connectivity index (χ0n) is 12.1. The molecule has 0 aliphatic carbocycles. The lowest BCUT2D eigenvalue weighted by molar-refractivity contribution is 0.162. The molecule has 1 aromatic heterocycles. The van der Waals surface area contributed by atoms with Crippen LogP contribution in [0.15, 0.2) is 6.20 Å². The summed E-state index contributed by atoms with van der Waals surface area (Å²) in [7, 11) is 1.76. The lowest BCUT2D eigenvalue weighted by Gasteiger charge is -2.23. The molecule has 5 nitrogen and oxygen atoms in total. The number of aryl methyl sites for hydroxylation is 1. The summed E-state index contributed by atoms with van der Waals surface area (Å²) in [6.07, 6.45) is 2.14. The van der Waals surface area contributed by atoms with Gasteiger partial charge in [-0.1, -0.05) is 0 Å². The van der Waals surface area contributed by atoms with Crippen LogP contribution >= 0.6 is 0 Å². The smallest absolute Gasteiger partial charge is 0.206 e. The van der Waals surface area contributed by atoms with Crippen LogP contribution in [0.3, 0.4) is 0 Å². The van der Waals surface area contributed by atoms with Gasteiger partial charge in [-0.25, -0.2) is 4.98 Å². The van der Waals surface area contributed by atoms with Crippen LogP contribution in [0.2, 0.25) is 0 Å². The van der Waals surface area contributed by atoms with Gasteiger partial charge >= 0.3 is 0 Å². The van der Waals surface area contributed by atoms with Crippen molar-refractivity contribution in [1.29, 1.82) is 0 Å². The summed E-state index contributed by atoms with van der Waals surface area (Å²) in [6, 6.07) is 0.333. The molecule has 0 spiro atoms. The molecule has 2 aliphatic rings. The van der Waals surface area contributed by atoms with Crippen molar-refractivity contribution in [3.05, 3.63) is 11.9 Å². The number of methoxy groups -OCH3 is 1. The molecule has 5 heteroatoms. The van der Waals surface area contributed by atoms with Crippen LogP contribution in [0, 0.1) is 18.8 Å². The lowest BCUT2D eigenvalue weighted by Crippen LogP contribution is -2.29. The maximum atomic E-state index is 5.28. The van der Waals surface area contributed by atoms with Crippen LogP contribution in [-0.4, -0.2) is 49.4 Å². The Bertz CT molecular complexity index is 433. The first-order valence-corrected chi connectivity index (χ1v) is 7.19. The second-order valence-corrected chi connectivity index (χ2v) is 5.98. The van der Waals surface area contributed by atoms with E-state index in [1.54, 1.807) is 7.11 Å². The minimum absolute atomic E-state index is 0.333. The normalized spacial score (nSPS) is 27.8. The highest BCUT2D eigenvalue weighted by molar-refractivity contribution is 5.36. The van der Waals surface area contributed by atoms with Gasteiger partial charge in [0.1, 0.15) is 0 Å². The van der Waals surface area contributed by atoms with Gasteiger partial charge in [0.25, 0.3) is 0 Å². The van der Waals surface area contributed by atoms with Gasteiger partial charge in [-0.15, -0.1) is 0 Å². The fourth-order valence-electron chi connectivity index (χ4n) is 3.40. The first-order chi connectivity index (χ1) is 9.19. The largest absolute Gasteiger partial charge is 0.383 e. The number of hydrogen-bond acceptors (Lipinski definition) is 4. The van der Waals surface area contributed by atoms with Crippen molar-refractivity contribution in [1.82, 2.24) is 14.9 Å². The van der Waals surface area contributed by atoms with Gasteiger partial charge in [-0.2, -0.15) is 0 Å². The molecule has 3 atom stereocenters. The Morgan fingerprint density at radius 3 is 2.74 bits per heavy atom. The van der Waals surface area contributed by atoms with Crippen molar-refractivity contribution >= 4 is 5.95 Å². The van der Waals surface area contributed by atoms with Crippen molar-refractivity contribution in [3.63, 3.8) is 0 Å². The predicted octanol–water partition coefficient (Wildman–Crippen LogP) is 1.05.